The van der Waals surface area contributed by atoms with Gasteiger partial charge in [0.1, 0.15) is 5.82 Å². The average Bonchev–Trinajstić information content (AvgIpc) is 2.57. The smallest absolute Gasteiger partial charge is 0.217 e. The molecule has 0 atom stereocenters. The summed E-state index contributed by atoms with van der Waals surface area (Å²) in [6.45, 7) is 7.54. The number of ether oxygens (including phenoxy) is 1. The summed E-state index contributed by atoms with van der Waals surface area (Å²) in [7, 11) is 0. The molecule has 0 bridgehead atoms. The molecule has 0 saturated heterocycles. The van der Waals surface area contributed by atoms with Crippen LogP contribution >= 0.6 is 0 Å². The number of pyridine rings is 1. The molecular formula is C18H24N4O. The molecular weight excluding hydrogens is 288 g/mol. The summed E-state index contributed by atoms with van der Waals surface area (Å²) in [4.78, 5) is 16.0. The van der Waals surface area contributed by atoms with Crippen LogP contribution in [0.1, 0.15) is 42.9 Å². The zero-order chi connectivity index (χ0) is 16.1. The van der Waals surface area contributed by atoms with E-state index in [0.29, 0.717) is 6.61 Å². The van der Waals surface area contributed by atoms with Crippen LogP contribution < -0.4 is 4.74 Å². The van der Waals surface area contributed by atoms with Crippen molar-refractivity contribution in [3.63, 3.8) is 0 Å². The second-order valence-corrected chi connectivity index (χ2v) is 5.87. The lowest BCUT2D eigenvalue weighted by Gasteiger charge is -2.28. The number of rotatable bonds is 6. The van der Waals surface area contributed by atoms with Crippen molar-refractivity contribution in [2.75, 3.05) is 13.2 Å². The maximum absolute atomic E-state index is 5.63. The van der Waals surface area contributed by atoms with Crippen molar-refractivity contribution in [1.29, 1.82) is 0 Å². The summed E-state index contributed by atoms with van der Waals surface area (Å²) in [5, 5.41) is 0. The fourth-order valence-electron chi connectivity index (χ4n) is 2.95. The summed E-state index contributed by atoms with van der Waals surface area (Å²) in [5.74, 6) is 1.72. The highest BCUT2D eigenvalue weighted by atomic mass is 16.5. The van der Waals surface area contributed by atoms with Crippen LogP contribution in [0.25, 0.3) is 0 Å². The first-order valence-corrected chi connectivity index (χ1v) is 8.42. The normalized spacial score (nSPS) is 14.5. The van der Waals surface area contributed by atoms with Crippen LogP contribution in [0, 0.1) is 0 Å². The highest BCUT2D eigenvalue weighted by Gasteiger charge is 2.19. The average molecular weight is 312 g/mol. The van der Waals surface area contributed by atoms with Crippen LogP contribution in [-0.4, -0.2) is 33.0 Å². The topological polar surface area (TPSA) is 51.1 Å². The monoisotopic (exact) mass is 312 g/mol. The van der Waals surface area contributed by atoms with Gasteiger partial charge >= 0.3 is 0 Å². The predicted molar refractivity (Wildman–Crippen MR) is 89.3 cm³/mol. The van der Waals surface area contributed by atoms with Gasteiger partial charge in [-0.1, -0.05) is 13.0 Å². The molecule has 5 heteroatoms. The standard InChI is InChI=1S/C18H24N4O/c1-3-6-17-20-11-15-13-22(10-8-16(15)21-17)12-14-7-5-9-19-18(14)23-4-2/h5,7,9,11H,3-4,6,8,10,12-13H2,1-2H3. The lowest BCUT2D eigenvalue weighted by molar-refractivity contribution is 0.235. The molecule has 0 spiro atoms. The minimum absolute atomic E-state index is 0.640. The van der Waals surface area contributed by atoms with Gasteiger partial charge in [0.2, 0.25) is 5.88 Å². The van der Waals surface area contributed by atoms with Crippen molar-refractivity contribution in [3.8, 4) is 5.88 Å². The van der Waals surface area contributed by atoms with Crippen molar-refractivity contribution >= 4 is 0 Å². The van der Waals surface area contributed by atoms with E-state index in [-0.39, 0.29) is 0 Å². The second kappa shape index (κ2) is 7.51. The van der Waals surface area contributed by atoms with E-state index in [1.54, 1.807) is 6.20 Å². The highest BCUT2D eigenvalue weighted by molar-refractivity contribution is 5.26. The molecule has 5 nitrogen and oxygen atoms in total. The molecule has 1 aliphatic rings. The summed E-state index contributed by atoms with van der Waals surface area (Å²) in [5.41, 5.74) is 3.61. The van der Waals surface area contributed by atoms with Crippen molar-refractivity contribution in [2.45, 2.75) is 46.2 Å². The summed E-state index contributed by atoms with van der Waals surface area (Å²) in [6, 6.07) is 4.06. The summed E-state index contributed by atoms with van der Waals surface area (Å²) >= 11 is 0. The lowest BCUT2D eigenvalue weighted by Crippen LogP contribution is -2.31. The molecule has 0 N–H and O–H groups in total. The Labute approximate surface area is 137 Å². The molecule has 0 radical (unpaired) electrons. The van der Waals surface area contributed by atoms with Crippen molar-refractivity contribution < 1.29 is 4.74 Å². The minimum atomic E-state index is 0.640. The number of hydrogen-bond acceptors (Lipinski definition) is 5. The first kappa shape index (κ1) is 15.9. The lowest BCUT2D eigenvalue weighted by atomic mass is 10.1. The number of nitrogens with zero attached hydrogens (tertiary/aromatic N) is 4. The molecule has 122 valence electrons. The zero-order valence-electron chi connectivity index (χ0n) is 14.0. The van der Waals surface area contributed by atoms with E-state index in [1.807, 2.05) is 19.2 Å². The van der Waals surface area contributed by atoms with Gasteiger partial charge in [0.05, 0.1) is 6.61 Å². The number of aromatic nitrogens is 3. The van der Waals surface area contributed by atoms with Gasteiger partial charge in [-0.25, -0.2) is 15.0 Å². The Hall–Kier alpha value is -2.01. The van der Waals surface area contributed by atoms with Gasteiger partial charge in [-0.2, -0.15) is 0 Å². The maximum atomic E-state index is 5.63. The van der Waals surface area contributed by atoms with Crippen LogP contribution in [0.15, 0.2) is 24.5 Å². The van der Waals surface area contributed by atoms with Gasteiger partial charge in [-0.15, -0.1) is 0 Å². The molecule has 0 amide bonds. The van der Waals surface area contributed by atoms with Crippen LogP contribution in [0.5, 0.6) is 5.88 Å². The Morgan fingerprint density at radius 2 is 2.17 bits per heavy atom. The summed E-state index contributed by atoms with van der Waals surface area (Å²) in [6.07, 6.45) is 6.82. The molecule has 3 rings (SSSR count). The minimum Gasteiger partial charge on any atom is -0.478 e. The first-order chi connectivity index (χ1) is 11.3. The molecule has 0 aliphatic carbocycles. The second-order valence-electron chi connectivity index (χ2n) is 5.87. The molecule has 2 aromatic heterocycles. The SMILES string of the molecule is CCCc1ncc2c(n1)CCN(Cc1cccnc1OCC)C2. The van der Waals surface area contributed by atoms with Gasteiger partial charge in [-0.3, -0.25) is 4.90 Å². The van der Waals surface area contributed by atoms with Crippen molar-refractivity contribution in [3.05, 3.63) is 47.2 Å². The molecule has 3 heterocycles. The van der Waals surface area contributed by atoms with Crippen molar-refractivity contribution in [1.82, 2.24) is 19.9 Å². The van der Waals surface area contributed by atoms with E-state index in [0.717, 1.165) is 56.2 Å². The van der Waals surface area contributed by atoms with Gasteiger partial charge in [0.25, 0.3) is 0 Å². The fourth-order valence-corrected chi connectivity index (χ4v) is 2.95. The van der Waals surface area contributed by atoms with Crippen molar-refractivity contribution in [2.24, 2.45) is 0 Å². The zero-order valence-corrected chi connectivity index (χ0v) is 14.0. The molecule has 0 saturated carbocycles. The van der Waals surface area contributed by atoms with Crippen LogP contribution in [0.2, 0.25) is 0 Å². The van der Waals surface area contributed by atoms with E-state index < -0.39 is 0 Å². The Morgan fingerprint density at radius 1 is 1.26 bits per heavy atom. The van der Waals surface area contributed by atoms with Gasteiger partial charge in [0, 0.05) is 61.7 Å². The van der Waals surface area contributed by atoms with Crippen LogP contribution in [0.4, 0.5) is 0 Å². The van der Waals surface area contributed by atoms with E-state index in [2.05, 4.69) is 27.9 Å². The van der Waals surface area contributed by atoms with E-state index >= 15 is 0 Å². The van der Waals surface area contributed by atoms with Gasteiger partial charge in [0.15, 0.2) is 0 Å². The fraction of sp³-hybridized carbons (Fsp3) is 0.500. The number of hydrogen-bond donors (Lipinski definition) is 0. The Morgan fingerprint density at radius 3 is 3.00 bits per heavy atom. The summed E-state index contributed by atoms with van der Waals surface area (Å²) < 4.78 is 5.63. The molecule has 23 heavy (non-hydrogen) atoms. The Kier molecular flexibility index (Phi) is 5.18. The molecule has 2 aromatic rings. The number of fused-ring (bicyclic) bond motifs is 1. The van der Waals surface area contributed by atoms with Gasteiger partial charge < -0.3 is 4.74 Å². The van der Waals surface area contributed by atoms with E-state index in [4.69, 9.17) is 9.72 Å². The van der Waals surface area contributed by atoms with Crippen LogP contribution in [-0.2, 0) is 25.9 Å². The van der Waals surface area contributed by atoms with E-state index in [9.17, 15) is 0 Å². The molecule has 0 fully saturated rings. The molecule has 1 aliphatic heterocycles. The number of aryl methyl sites for hydroxylation is 1. The van der Waals surface area contributed by atoms with Crippen LogP contribution in [0.3, 0.4) is 0 Å². The Bertz CT molecular complexity index is 659. The third-order valence-electron chi connectivity index (χ3n) is 4.06. The maximum Gasteiger partial charge on any atom is 0.217 e. The molecule has 0 unspecified atom stereocenters. The Balaban J connectivity index is 1.70. The molecule has 0 aromatic carbocycles. The quantitative estimate of drug-likeness (QED) is 0.821. The third kappa shape index (κ3) is 3.85. The first-order valence-electron chi connectivity index (χ1n) is 8.42. The van der Waals surface area contributed by atoms with E-state index in [1.165, 1.54) is 11.3 Å². The third-order valence-corrected chi connectivity index (χ3v) is 4.06. The largest absolute Gasteiger partial charge is 0.478 e. The van der Waals surface area contributed by atoms with Gasteiger partial charge in [-0.05, 0) is 19.4 Å². The highest BCUT2D eigenvalue weighted by Crippen LogP contribution is 2.22. The predicted octanol–water partition coefficient (Wildman–Crippen LogP) is 2.78.